The summed E-state index contributed by atoms with van der Waals surface area (Å²) in [6, 6.07) is 14.5. The third-order valence-electron chi connectivity index (χ3n) is 5.46. The van der Waals surface area contributed by atoms with E-state index in [1.54, 1.807) is 16.8 Å². The molecule has 0 N–H and O–H groups in total. The smallest absolute Gasteiger partial charge is 0.151 e. The van der Waals surface area contributed by atoms with Gasteiger partial charge in [-0.25, -0.2) is 17.5 Å². The summed E-state index contributed by atoms with van der Waals surface area (Å²) in [5.74, 6) is -0.215. The van der Waals surface area contributed by atoms with Crippen molar-refractivity contribution < 1.29 is 12.8 Å². The van der Waals surface area contributed by atoms with Gasteiger partial charge in [-0.05, 0) is 61.2 Å². The number of aromatic nitrogens is 3. The highest BCUT2D eigenvalue weighted by molar-refractivity contribution is 7.89. The Morgan fingerprint density at radius 2 is 1.83 bits per heavy atom. The minimum atomic E-state index is -3.14. The van der Waals surface area contributed by atoms with Gasteiger partial charge in [0.15, 0.2) is 9.84 Å². The summed E-state index contributed by atoms with van der Waals surface area (Å²) in [6.07, 6.45) is 4.79. The molecule has 0 amide bonds. The number of hydrogen-bond donors (Lipinski definition) is 0. The zero-order valence-corrected chi connectivity index (χ0v) is 17.7. The molecule has 3 aromatic rings. The minimum Gasteiger partial charge on any atom is -0.297 e. The van der Waals surface area contributed by atoms with Gasteiger partial charge in [0, 0.05) is 12.8 Å². The van der Waals surface area contributed by atoms with Crippen LogP contribution in [0.5, 0.6) is 0 Å². The van der Waals surface area contributed by atoms with E-state index in [-0.39, 0.29) is 17.5 Å². The molecule has 0 spiro atoms. The van der Waals surface area contributed by atoms with Gasteiger partial charge in [0.2, 0.25) is 0 Å². The molecule has 158 valence electrons. The SMILES string of the molecule is CS(=O)(=O)Cc1ccc(F)c(C2CCN(Cc3cn(-c4ccccc4)nn3)CC2)c1. The minimum absolute atomic E-state index is 0.0593. The first kappa shape index (κ1) is 20.7. The Balaban J connectivity index is 1.38. The Morgan fingerprint density at radius 3 is 2.53 bits per heavy atom. The largest absolute Gasteiger partial charge is 0.297 e. The van der Waals surface area contributed by atoms with Gasteiger partial charge in [-0.15, -0.1) is 5.10 Å². The molecule has 1 aliphatic rings. The third kappa shape index (κ3) is 5.12. The molecule has 0 atom stereocenters. The standard InChI is InChI=1S/C22H25FN4O2S/c1-30(28,29)16-17-7-8-22(23)21(13-17)18-9-11-26(12-10-18)14-19-15-27(25-24-19)20-5-3-2-4-6-20/h2-8,13,15,18H,9-12,14,16H2,1H3. The van der Waals surface area contributed by atoms with E-state index in [0.717, 1.165) is 37.3 Å². The van der Waals surface area contributed by atoms with Gasteiger partial charge in [-0.2, -0.15) is 0 Å². The third-order valence-corrected chi connectivity index (χ3v) is 6.32. The van der Waals surface area contributed by atoms with Gasteiger partial charge in [0.1, 0.15) is 5.82 Å². The van der Waals surface area contributed by atoms with Gasteiger partial charge in [0.25, 0.3) is 0 Å². The lowest BCUT2D eigenvalue weighted by molar-refractivity contribution is 0.201. The molecule has 1 saturated heterocycles. The van der Waals surface area contributed by atoms with E-state index in [4.69, 9.17) is 0 Å². The summed E-state index contributed by atoms with van der Waals surface area (Å²) in [4.78, 5) is 2.30. The van der Waals surface area contributed by atoms with Gasteiger partial charge in [-0.1, -0.05) is 35.5 Å². The molecule has 0 radical (unpaired) electrons. The van der Waals surface area contributed by atoms with Crippen molar-refractivity contribution in [2.75, 3.05) is 19.3 Å². The van der Waals surface area contributed by atoms with Crippen molar-refractivity contribution in [2.24, 2.45) is 0 Å². The first-order chi connectivity index (χ1) is 14.4. The monoisotopic (exact) mass is 428 g/mol. The van der Waals surface area contributed by atoms with Crippen LogP contribution in [-0.2, 0) is 22.1 Å². The van der Waals surface area contributed by atoms with E-state index in [9.17, 15) is 12.8 Å². The fourth-order valence-electron chi connectivity index (χ4n) is 4.01. The Hall–Kier alpha value is -2.58. The molecule has 0 saturated carbocycles. The van der Waals surface area contributed by atoms with Crippen molar-refractivity contribution >= 4 is 9.84 Å². The number of piperidine rings is 1. The second-order valence-corrected chi connectivity index (χ2v) is 10.1. The molecule has 1 aliphatic heterocycles. The molecule has 2 heterocycles. The summed E-state index contributed by atoms with van der Waals surface area (Å²) in [5.41, 5.74) is 3.15. The van der Waals surface area contributed by atoms with E-state index < -0.39 is 9.84 Å². The molecule has 0 unspecified atom stereocenters. The zero-order chi connectivity index (χ0) is 21.1. The molecule has 6 nitrogen and oxygen atoms in total. The lowest BCUT2D eigenvalue weighted by Gasteiger charge is -2.31. The molecule has 8 heteroatoms. The second kappa shape index (κ2) is 8.65. The predicted molar refractivity (Wildman–Crippen MR) is 114 cm³/mol. The van der Waals surface area contributed by atoms with Crippen LogP contribution < -0.4 is 0 Å². The highest BCUT2D eigenvalue weighted by Gasteiger charge is 2.24. The van der Waals surface area contributed by atoms with Crippen molar-refractivity contribution in [3.05, 3.63) is 77.4 Å². The van der Waals surface area contributed by atoms with Crippen molar-refractivity contribution in [1.82, 2.24) is 19.9 Å². The summed E-state index contributed by atoms with van der Waals surface area (Å²) in [6.45, 7) is 2.37. The molecule has 1 fully saturated rings. The highest BCUT2D eigenvalue weighted by Crippen LogP contribution is 2.31. The quantitative estimate of drug-likeness (QED) is 0.602. The second-order valence-electron chi connectivity index (χ2n) is 7.97. The van der Waals surface area contributed by atoms with Crippen LogP contribution in [0.3, 0.4) is 0 Å². The maximum absolute atomic E-state index is 14.4. The predicted octanol–water partition coefficient (Wildman–Crippen LogP) is 3.33. The summed E-state index contributed by atoms with van der Waals surface area (Å²) < 4.78 is 39.3. The molecule has 0 bridgehead atoms. The Kier molecular flexibility index (Phi) is 5.97. The van der Waals surface area contributed by atoms with Crippen LogP contribution in [0.1, 0.15) is 35.6 Å². The van der Waals surface area contributed by atoms with Crippen molar-refractivity contribution in [3.8, 4) is 5.69 Å². The lowest BCUT2D eigenvalue weighted by atomic mass is 9.88. The highest BCUT2D eigenvalue weighted by atomic mass is 32.2. The van der Waals surface area contributed by atoms with Crippen LogP contribution in [0.4, 0.5) is 4.39 Å². The lowest BCUT2D eigenvalue weighted by Crippen LogP contribution is -2.32. The Morgan fingerprint density at radius 1 is 1.10 bits per heavy atom. The normalized spacial score (nSPS) is 16.1. The molecular weight excluding hydrogens is 403 g/mol. The molecular formula is C22H25FN4O2S. The number of para-hydroxylation sites is 1. The molecule has 4 rings (SSSR count). The average Bonchev–Trinajstić information content (AvgIpc) is 3.18. The number of likely N-dealkylation sites (tertiary alicyclic amines) is 1. The fourth-order valence-corrected chi connectivity index (χ4v) is 4.79. The first-order valence-corrected chi connectivity index (χ1v) is 12.1. The Labute approximate surface area is 176 Å². The van der Waals surface area contributed by atoms with Crippen LogP contribution in [0, 0.1) is 5.82 Å². The molecule has 2 aromatic carbocycles. The molecule has 0 aliphatic carbocycles. The molecule has 30 heavy (non-hydrogen) atoms. The van der Waals surface area contributed by atoms with Crippen LogP contribution in [-0.4, -0.2) is 47.7 Å². The van der Waals surface area contributed by atoms with E-state index in [1.807, 2.05) is 36.5 Å². The van der Waals surface area contributed by atoms with E-state index in [2.05, 4.69) is 15.2 Å². The van der Waals surface area contributed by atoms with Crippen LogP contribution in [0.2, 0.25) is 0 Å². The number of sulfone groups is 1. The van der Waals surface area contributed by atoms with Crippen LogP contribution >= 0.6 is 0 Å². The number of benzene rings is 2. The Bertz CT molecular complexity index is 1110. The summed E-state index contributed by atoms with van der Waals surface area (Å²) >= 11 is 0. The van der Waals surface area contributed by atoms with Gasteiger partial charge >= 0.3 is 0 Å². The van der Waals surface area contributed by atoms with Crippen molar-refractivity contribution in [3.63, 3.8) is 0 Å². The number of nitrogens with zero attached hydrogens (tertiary/aromatic N) is 4. The van der Waals surface area contributed by atoms with Gasteiger partial charge < -0.3 is 0 Å². The number of hydrogen-bond acceptors (Lipinski definition) is 5. The maximum Gasteiger partial charge on any atom is 0.151 e. The van der Waals surface area contributed by atoms with Crippen LogP contribution in [0.15, 0.2) is 54.7 Å². The van der Waals surface area contributed by atoms with Crippen molar-refractivity contribution in [1.29, 1.82) is 0 Å². The van der Waals surface area contributed by atoms with E-state index in [1.165, 1.54) is 12.3 Å². The van der Waals surface area contributed by atoms with Crippen LogP contribution in [0.25, 0.3) is 5.69 Å². The van der Waals surface area contributed by atoms with E-state index >= 15 is 0 Å². The summed E-state index contributed by atoms with van der Waals surface area (Å²) in [7, 11) is -3.14. The fraction of sp³-hybridized carbons (Fsp3) is 0.364. The van der Waals surface area contributed by atoms with Gasteiger partial charge in [-0.3, -0.25) is 4.90 Å². The topological polar surface area (TPSA) is 68.1 Å². The van der Waals surface area contributed by atoms with Gasteiger partial charge in [0.05, 0.1) is 23.3 Å². The number of rotatable bonds is 6. The van der Waals surface area contributed by atoms with E-state index in [0.29, 0.717) is 17.7 Å². The summed E-state index contributed by atoms with van der Waals surface area (Å²) in [5, 5.41) is 8.48. The molecule has 1 aromatic heterocycles. The first-order valence-electron chi connectivity index (χ1n) is 10.0. The average molecular weight is 429 g/mol. The maximum atomic E-state index is 14.4. The zero-order valence-electron chi connectivity index (χ0n) is 16.9. The number of halogens is 1. The van der Waals surface area contributed by atoms with Crippen molar-refractivity contribution in [2.45, 2.75) is 31.1 Å².